The molecular formula is C27H47. The average Bonchev–Trinajstić information content (AvgIpc) is 2.66. The molecule has 1 aromatic rings. The first-order valence-corrected chi connectivity index (χ1v) is 12.2. The fourth-order valence-corrected chi connectivity index (χ4v) is 4.05. The Hall–Kier alpha value is -0.780. The van der Waals surface area contributed by atoms with Gasteiger partial charge in [-0.1, -0.05) is 122 Å². The maximum Gasteiger partial charge on any atom is -0.0238 e. The van der Waals surface area contributed by atoms with Crippen LogP contribution in [0.3, 0.4) is 0 Å². The van der Waals surface area contributed by atoms with Gasteiger partial charge in [-0.25, -0.2) is 0 Å². The Kier molecular flexibility index (Phi) is 15.6. The molecule has 0 amide bonds. The molecule has 0 nitrogen and oxygen atoms in total. The molecule has 0 unspecified atom stereocenters. The number of hydrogen-bond donors (Lipinski definition) is 0. The summed E-state index contributed by atoms with van der Waals surface area (Å²) < 4.78 is 0. The minimum Gasteiger partial charge on any atom is -0.0654 e. The van der Waals surface area contributed by atoms with Crippen LogP contribution in [0.4, 0.5) is 0 Å². The van der Waals surface area contributed by atoms with Crippen LogP contribution in [0.25, 0.3) is 0 Å². The molecule has 1 radical (unpaired) electrons. The van der Waals surface area contributed by atoms with E-state index in [-0.39, 0.29) is 0 Å². The van der Waals surface area contributed by atoms with E-state index in [2.05, 4.69) is 39.0 Å². The van der Waals surface area contributed by atoms with Crippen molar-refractivity contribution in [2.24, 2.45) is 0 Å². The van der Waals surface area contributed by atoms with Crippen LogP contribution < -0.4 is 0 Å². The molecule has 0 bridgehead atoms. The van der Waals surface area contributed by atoms with Crippen molar-refractivity contribution in [3.05, 3.63) is 41.8 Å². The van der Waals surface area contributed by atoms with Crippen molar-refractivity contribution in [2.45, 2.75) is 129 Å². The van der Waals surface area contributed by atoms with Gasteiger partial charge in [0, 0.05) is 0 Å². The minimum absolute atomic E-state index is 1.21. The zero-order chi connectivity index (χ0) is 19.6. The van der Waals surface area contributed by atoms with Crippen LogP contribution in [0.5, 0.6) is 0 Å². The lowest BCUT2D eigenvalue weighted by Crippen LogP contribution is -1.93. The maximum atomic E-state index is 4.21. The lowest BCUT2D eigenvalue weighted by atomic mass is 9.97. The van der Waals surface area contributed by atoms with E-state index in [0.717, 1.165) is 0 Å². The average molecular weight is 372 g/mol. The van der Waals surface area contributed by atoms with Gasteiger partial charge in [-0.05, 0) is 49.3 Å². The van der Waals surface area contributed by atoms with Gasteiger partial charge in [0.15, 0.2) is 0 Å². The molecule has 27 heavy (non-hydrogen) atoms. The largest absolute Gasteiger partial charge is 0.0654 e. The second-order valence-corrected chi connectivity index (χ2v) is 8.61. The Bertz CT molecular complexity index is 445. The molecule has 0 heteroatoms. The van der Waals surface area contributed by atoms with Gasteiger partial charge in [-0.3, -0.25) is 0 Å². The van der Waals surface area contributed by atoms with Crippen molar-refractivity contribution in [3.63, 3.8) is 0 Å². The van der Waals surface area contributed by atoms with Gasteiger partial charge in [-0.2, -0.15) is 0 Å². The summed E-state index contributed by atoms with van der Waals surface area (Å²) in [5.41, 5.74) is 4.24. The lowest BCUT2D eigenvalue weighted by Gasteiger charge is -2.08. The molecule has 155 valence electrons. The van der Waals surface area contributed by atoms with E-state index in [0.29, 0.717) is 0 Å². The van der Waals surface area contributed by atoms with Crippen LogP contribution >= 0.6 is 0 Å². The quantitative estimate of drug-likeness (QED) is 0.225. The highest BCUT2D eigenvalue weighted by molar-refractivity contribution is 5.32. The number of hydrogen-bond acceptors (Lipinski definition) is 0. The second kappa shape index (κ2) is 17.3. The molecule has 1 rings (SSSR count). The zero-order valence-corrected chi connectivity index (χ0v) is 18.7. The molecule has 1 aromatic carbocycles. The zero-order valence-electron chi connectivity index (χ0n) is 18.7. The molecule has 0 aliphatic heterocycles. The summed E-state index contributed by atoms with van der Waals surface area (Å²) in [5, 5.41) is 0. The van der Waals surface area contributed by atoms with Crippen LogP contribution in [0, 0.1) is 6.92 Å². The van der Waals surface area contributed by atoms with Gasteiger partial charge in [0.2, 0.25) is 0 Å². The van der Waals surface area contributed by atoms with E-state index in [9.17, 15) is 0 Å². The standard InChI is InChI=1S/C27H47/c1-4-6-8-10-12-13-14-15-17-19-21-27-23-25(3)22-26(24-27)20-18-16-11-9-7-5-2/h22-24H,3-21H2,1-2H3. The first kappa shape index (κ1) is 24.3. The molecule has 0 fully saturated rings. The fourth-order valence-electron chi connectivity index (χ4n) is 4.05. The van der Waals surface area contributed by atoms with E-state index in [1.54, 1.807) is 0 Å². The first-order valence-electron chi connectivity index (χ1n) is 12.2. The third kappa shape index (κ3) is 14.0. The van der Waals surface area contributed by atoms with Gasteiger partial charge < -0.3 is 0 Å². The van der Waals surface area contributed by atoms with Crippen molar-refractivity contribution in [1.29, 1.82) is 0 Å². The molecule has 0 atom stereocenters. The van der Waals surface area contributed by atoms with Crippen molar-refractivity contribution >= 4 is 0 Å². The maximum absolute atomic E-state index is 4.21. The van der Waals surface area contributed by atoms with Gasteiger partial charge in [0.25, 0.3) is 0 Å². The summed E-state index contributed by atoms with van der Waals surface area (Å²) in [6.07, 6.45) is 24.9. The van der Waals surface area contributed by atoms with Gasteiger partial charge in [0.05, 0.1) is 0 Å². The highest BCUT2D eigenvalue weighted by Gasteiger charge is 2.01. The van der Waals surface area contributed by atoms with Crippen molar-refractivity contribution in [1.82, 2.24) is 0 Å². The Labute approximate surface area is 171 Å². The molecule has 0 saturated carbocycles. The van der Waals surface area contributed by atoms with Crippen LogP contribution in [0.2, 0.25) is 0 Å². The van der Waals surface area contributed by atoms with E-state index < -0.39 is 0 Å². The van der Waals surface area contributed by atoms with E-state index >= 15 is 0 Å². The summed E-state index contributed by atoms with van der Waals surface area (Å²) >= 11 is 0. The highest BCUT2D eigenvalue weighted by atomic mass is 14.1. The number of aryl methyl sites for hydroxylation is 2. The van der Waals surface area contributed by atoms with Gasteiger partial charge >= 0.3 is 0 Å². The highest BCUT2D eigenvalue weighted by Crippen LogP contribution is 2.17. The SMILES string of the molecule is [CH2]c1cc(CCCCCCCC)cc(CCCCCCCCCCCC)c1. The van der Waals surface area contributed by atoms with Crippen LogP contribution in [0.15, 0.2) is 18.2 Å². The number of benzene rings is 1. The van der Waals surface area contributed by atoms with Crippen LogP contribution in [-0.2, 0) is 12.8 Å². The topological polar surface area (TPSA) is 0 Å². The summed E-state index contributed by atoms with van der Waals surface area (Å²) in [7, 11) is 0. The monoisotopic (exact) mass is 371 g/mol. The summed E-state index contributed by atoms with van der Waals surface area (Å²) in [4.78, 5) is 0. The van der Waals surface area contributed by atoms with Crippen LogP contribution in [0.1, 0.15) is 133 Å². The number of rotatable bonds is 18. The van der Waals surface area contributed by atoms with Gasteiger partial charge in [0.1, 0.15) is 0 Å². The predicted octanol–water partition coefficient (Wildman–Crippen LogP) is 9.24. The van der Waals surface area contributed by atoms with E-state index in [4.69, 9.17) is 0 Å². The lowest BCUT2D eigenvalue weighted by molar-refractivity contribution is 0.556. The summed E-state index contributed by atoms with van der Waals surface area (Å²) in [6.45, 7) is 8.79. The van der Waals surface area contributed by atoms with Crippen molar-refractivity contribution in [2.75, 3.05) is 0 Å². The normalized spacial score (nSPS) is 11.2. The van der Waals surface area contributed by atoms with E-state index in [1.165, 1.54) is 132 Å². The Morgan fingerprint density at radius 2 is 0.815 bits per heavy atom. The summed E-state index contributed by atoms with van der Waals surface area (Å²) in [5.74, 6) is 0. The predicted molar refractivity (Wildman–Crippen MR) is 124 cm³/mol. The Morgan fingerprint density at radius 3 is 1.19 bits per heavy atom. The molecule has 0 aliphatic rings. The Balaban J connectivity index is 2.11. The van der Waals surface area contributed by atoms with Crippen LogP contribution in [-0.4, -0.2) is 0 Å². The Morgan fingerprint density at radius 1 is 0.481 bits per heavy atom. The minimum atomic E-state index is 1.21. The molecule has 0 aromatic heterocycles. The molecule has 0 heterocycles. The third-order valence-electron chi connectivity index (χ3n) is 5.75. The van der Waals surface area contributed by atoms with E-state index in [1.807, 2.05) is 0 Å². The van der Waals surface area contributed by atoms with Crippen molar-refractivity contribution in [3.8, 4) is 0 Å². The first-order chi connectivity index (χ1) is 13.3. The molecule has 0 aliphatic carbocycles. The molecular weight excluding hydrogens is 324 g/mol. The smallest absolute Gasteiger partial charge is 0.0238 e. The number of unbranched alkanes of at least 4 members (excludes halogenated alkanes) is 14. The van der Waals surface area contributed by atoms with Crippen molar-refractivity contribution < 1.29 is 0 Å². The molecule has 0 spiro atoms. The second-order valence-electron chi connectivity index (χ2n) is 8.61. The molecule has 0 N–H and O–H groups in total. The fraction of sp³-hybridized carbons (Fsp3) is 0.741. The van der Waals surface area contributed by atoms with Gasteiger partial charge in [-0.15, -0.1) is 0 Å². The summed E-state index contributed by atoms with van der Waals surface area (Å²) in [6, 6.07) is 7.06. The molecule has 0 saturated heterocycles. The third-order valence-corrected chi connectivity index (χ3v) is 5.75.